The summed E-state index contributed by atoms with van der Waals surface area (Å²) in [6, 6.07) is 21.2. The number of benzene rings is 3. The third-order valence-corrected chi connectivity index (χ3v) is 10.3. The number of hydrogen-bond donors (Lipinski definition) is 1. The Labute approximate surface area is 263 Å². The van der Waals surface area contributed by atoms with Crippen LogP contribution in [0.4, 0.5) is 5.69 Å². The van der Waals surface area contributed by atoms with Crippen LogP contribution in [0.1, 0.15) is 87.5 Å². The minimum atomic E-state index is -4.10. The summed E-state index contributed by atoms with van der Waals surface area (Å²) in [4.78, 5) is 29.7. The second-order valence-electron chi connectivity index (χ2n) is 12.3. The zero-order valence-electron chi connectivity index (χ0n) is 26.8. The molecule has 0 saturated heterocycles. The Morgan fingerprint density at radius 1 is 0.886 bits per heavy atom. The lowest BCUT2D eigenvalue weighted by Gasteiger charge is -2.34. The summed E-state index contributed by atoms with van der Waals surface area (Å²) in [5.74, 6) is -0.346. The van der Waals surface area contributed by atoms with Gasteiger partial charge in [-0.25, -0.2) is 8.42 Å². The summed E-state index contributed by atoms with van der Waals surface area (Å²) >= 11 is 0. The van der Waals surface area contributed by atoms with Gasteiger partial charge < -0.3 is 10.2 Å². The maximum absolute atomic E-state index is 14.4. The lowest BCUT2D eigenvalue weighted by Crippen LogP contribution is -2.54. The molecular formula is C36H47N3O4S. The highest BCUT2D eigenvalue weighted by molar-refractivity contribution is 7.92. The zero-order chi connectivity index (χ0) is 31.9. The Bertz CT molecular complexity index is 1510. The Kier molecular flexibility index (Phi) is 11.2. The quantitative estimate of drug-likeness (QED) is 0.240. The van der Waals surface area contributed by atoms with Crippen LogP contribution in [0.5, 0.6) is 0 Å². The Morgan fingerprint density at radius 3 is 2.14 bits per heavy atom. The summed E-state index contributed by atoms with van der Waals surface area (Å²) < 4.78 is 29.5. The van der Waals surface area contributed by atoms with E-state index in [4.69, 9.17) is 0 Å². The monoisotopic (exact) mass is 617 g/mol. The number of anilines is 1. The molecule has 0 aliphatic heterocycles. The van der Waals surface area contributed by atoms with Crippen molar-refractivity contribution in [3.05, 3.63) is 95.1 Å². The van der Waals surface area contributed by atoms with Crippen LogP contribution in [0.3, 0.4) is 0 Å². The van der Waals surface area contributed by atoms with Crippen molar-refractivity contribution < 1.29 is 18.0 Å². The van der Waals surface area contributed by atoms with E-state index in [2.05, 4.69) is 19.2 Å². The molecule has 0 unspecified atom stereocenters. The number of hydrogen-bond acceptors (Lipinski definition) is 4. The van der Waals surface area contributed by atoms with Gasteiger partial charge in [0, 0.05) is 12.6 Å². The molecule has 0 spiro atoms. The van der Waals surface area contributed by atoms with Crippen LogP contribution >= 0.6 is 0 Å². The average Bonchev–Trinajstić information content (AvgIpc) is 3.00. The van der Waals surface area contributed by atoms with E-state index < -0.39 is 28.5 Å². The second kappa shape index (κ2) is 14.9. The molecular weight excluding hydrogens is 570 g/mol. The Balaban J connectivity index is 1.72. The molecule has 0 bridgehead atoms. The van der Waals surface area contributed by atoms with E-state index in [1.54, 1.807) is 41.3 Å². The molecule has 1 atom stereocenters. The number of carbonyl (C=O) groups is 2. The van der Waals surface area contributed by atoms with Crippen molar-refractivity contribution in [1.29, 1.82) is 0 Å². The predicted octanol–water partition coefficient (Wildman–Crippen LogP) is 6.88. The number of nitrogens with zero attached hydrogens (tertiary/aromatic N) is 2. The fourth-order valence-electron chi connectivity index (χ4n) is 5.86. The lowest BCUT2D eigenvalue weighted by atomic mass is 9.95. The highest BCUT2D eigenvalue weighted by atomic mass is 32.2. The van der Waals surface area contributed by atoms with E-state index >= 15 is 0 Å². The van der Waals surface area contributed by atoms with Crippen LogP contribution in [0, 0.1) is 13.8 Å². The van der Waals surface area contributed by atoms with E-state index in [-0.39, 0.29) is 29.3 Å². The summed E-state index contributed by atoms with van der Waals surface area (Å²) in [5.41, 5.74) is 4.34. The largest absolute Gasteiger partial charge is 0.352 e. The first-order valence-corrected chi connectivity index (χ1v) is 17.3. The third-order valence-electron chi connectivity index (χ3n) is 8.51. The van der Waals surface area contributed by atoms with E-state index in [9.17, 15) is 18.0 Å². The van der Waals surface area contributed by atoms with Crippen molar-refractivity contribution in [3.63, 3.8) is 0 Å². The van der Waals surface area contributed by atoms with Crippen LogP contribution in [0.2, 0.25) is 0 Å². The van der Waals surface area contributed by atoms with E-state index in [0.717, 1.165) is 47.9 Å². The Hall–Kier alpha value is -3.65. The van der Waals surface area contributed by atoms with Crippen LogP contribution in [-0.2, 0) is 26.2 Å². The van der Waals surface area contributed by atoms with E-state index in [0.29, 0.717) is 12.1 Å². The van der Waals surface area contributed by atoms with Crippen molar-refractivity contribution in [2.75, 3.05) is 10.8 Å². The van der Waals surface area contributed by atoms with Crippen molar-refractivity contribution in [1.82, 2.24) is 10.2 Å². The molecule has 0 radical (unpaired) electrons. The molecule has 1 saturated carbocycles. The first kappa shape index (κ1) is 33.2. The number of aryl methyl sites for hydroxylation is 2. The van der Waals surface area contributed by atoms with E-state index in [1.165, 1.54) is 10.7 Å². The van der Waals surface area contributed by atoms with Gasteiger partial charge in [-0.3, -0.25) is 13.9 Å². The first-order valence-electron chi connectivity index (χ1n) is 15.8. The summed E-state index contributed by atoms with van der Waals surface area (Å²) in [6.07, 6.45) is 5.60. The highest BCUT2D eigenvalue weighted by Crippen LogP contribution is 2.27. The molecule has 1 fully saturated rings. The molecule has 1 N–H and O–H groups in total. The minimum absolute atomic E-state index is 0.0964. The fourth-order valence-corrected chi connectivity index (χ4v) is 7.28. The smallest absolute Gasteiger partial charge is 0.264 e. The van der Waals surface area contributed by atoms with Gasteiger partial charge in [0.05, 0.1) is 10.6 Å². The van der Waals surface area contributed by atoms with Gasteiger partial charge in [0.1, 0.15) is 12.6 Å². The highest BCUT2D eigenvalue weighted by Gasteiger charge is 2.34. The van der Waals surface area contributed by atoms with Gasteiger partial charge >= 0.3 is 0 Å². The van der Waals surface area contributed by atoms with E-state index in [1.807, 2.05) is 57.2 Å². The molecule has 8 heteroatoms. The molecule has 44 heavy (non-hydrogen) atoms. The van der Waals surface area contributed by atoms with Crippen molar-refractivity contribution in [3.8, 4) is 0 Å². The van der Waals surface area contributed by atoms with Crippen molar-refractivity contribution in [2.24, 2.45) is 0 Å². The molecule has 0 aromatic heterocycles. The standard InChI is InChI=1S/C36H47N3O4S/c1-6-34(36(41)37-31-13-8-7-9-14-31)38(24-29-12-10-11-28(5)23-29)35(40)25-39(32-19-17-30(18-20-32)26(2)3)44(42,43)33-21-15-27(4)16-22-33/h10-12,15-23,26,31,34H,6-9,13-14,24-25H2,1-5H3,(H,37,41)/t34-/m1/s1. The topological polar surface area (TPSA) is 86.8 Å². The number of rotatable bonds is 12. The maximum Gasteiger partial charge on any atom is 0.264 e. The maximum atomic E-state index is 14.4. The molecule has 2 amide bonds. The normalized spacial score (nSPS) is 14.7. The SMILES string of the molecule is CC[C@H](C(=O)NC1CCCCC1)N(Cc1cccc(C)c1)C(=O)CN(c1ccc(C(C)C)cc1)S(=O)(=O)c1ccc(C)cc1. The van der Waals surface area contributed by atoms with Crippen LogP contribution in [0.15, 0.2) is 77.7 Å². The molecule has 3 aromatic carbocycles. The van der Waals surface area contributed by atoms with Crippen molar-refractivity contribution in [2.45, 2.75) is 103 Å². The van der Waals surface area contributed by atoms with Crippen LogP contribution in [0.25, 0.3) is 0 Å². The summed E-state index contributed by atoms with van der Waals surface area (Å²) in [6.45, 7) is 9.69. The number of sulfonamides is 1. The Morgan fingerprint density at radius 2 is 1.55 bits per heavy atom. The number of carbonyl (C=O) groups excluding carboxylic acids is 2. The molecule has 3 aromatic rings. The molecule has 7 nitrogen and oxygen atoms in total. The fraction of sp³-hybridized carbons (Fsp3) is 0.444. The van der Waals surface area contributed by atoms with Crippen LogP contribution < -0.4 is 9.62 Å². The minimum Gasteiger partial charge on any atom is -0.352 e. The first-order chi connectivity index (χ1) is 21.0. The third kappa shape index (κ3) is 8.29. The van der Waals surface area contributed by atoms with Crippen LogP contribution in [-0.4, -0.2) is 43.8 Å². The zero-order valence-corrected chi connectivity index (χ0v) is 27.6. The lowest BCUT2D eigenvalue weighted by molar-refractivity contribution is -0.140. The van der Waals surface area contributed by atoms with Gasteiger partial charge in [-0.05, 0) is 74.4 Å². The molecule has 1 aliphatic carbocycles. The molecule has 236 valence electrons. The summed E-state index contributed by atoms with van der Waals surface area (Å²) in [5, 5.41) is 3.20. The van der Waals surface area contributed by atoms with Gasteiger partial charge in [0.25, 0.3) is 10.0 Å². The van der Waals surface area contributed by atoms with Gasteiger partial charge in [-0.15, -0.1) is 0 Å². The van der Waals surface area contributed by atoms with Gasteiger partial charge in [-0.1, -0.05) is 99.7 Å². The predicted molar refractivity (Wildman–Crippen MR) is 177 cm³/mol. The van der Waals surface area contributed by atoms with Gasteiger partial charge in [0.15, 0.2) is 0 Å². The molecule has 4 rings (SSSR count). The second-order valence-corrected chi connectivity index (χ2v) is 14.2. The molecule has 0 heterocycles. The number of nitrogens with one attached hydrogen (secondary N) is 1. The molecule has 1 aliphatic rings. The summed E-state index contributed by atoms with van der Waals surface area (Å²) in [7, 11) is -4.10. The van der Waals surface area contributed by atoms with Gasteiger partial charge in [0.2, 0.25) is 11.8 Å². The number of amides is 2. The van der Waals surface area contributed by atoms with Crippen molar-refractivity contribution >= 4 is 27.5 Å². The average molecular weight is 618 g/mol. The van der Waals surface area contributed by atoms with Gasteiger partial charge in [-0.2, -0.15) is 0 Å².